The zero-order valence-corrected chi connectivity index (χ0v) is 12.2. The van der Waals surface area contributed by atoms with E-state index in [9.17, 15) is 4.79 Å². The Morgan fingerprint density at radius 1 is 1.30 bits per heavy atom. The van der Waals surface area contributed by atoms with E-state index in [1.807, 2.05) is 7.05 Å². The van der Waals surface area contributed by atoms with Crippen molar-refractivity contribution in [2.24, 2.45) is 17.8 Å². The molecule has 2 saturated carbocycles. The largest absolute Gasteiger partial charge is 0.315 e. The number of hydrogen-bond donors (Lipinski definition) is 1. The van der Waals surface area contributed by atoms with Gasteiger partial charge >= 0.3 is 0 Å². The molecule has 3 nitrogen and oxygen atoms in total. The summed E-state index contributed by atoms with van der Waals surface area (Å²) in [4.78, 5) is 13.6. The van der Waals surface area contributed by atoms with Crippen molar-refractivity contribution >= 4 is 11.6 Å². The molecule has 3 atom stereocenters. The maximum Gasteiger partial charge on any atom is 0.231 e. The van der Waals surface area contributed by atoms with Gasteiger partial charge in [-0.25, -0.2) is 0 Å². The minimum atomic E-state index is 0.210. The van der Waals surface area contributed by atoms with Crippen LogP contribution in [0, 0.1) is 17.8 Å². The number of benzene rings is 1. The molecule has 0 bridgehead atoms. The summed E-state index contributed by atoms with van der Waals surface area (Å²) in [5, 5.41) is 3.52. The first-order valence-corrected chi connectivity index (χ1v) is 7.77. The first-order valence-electron chi connectivity index (χ1n) is 7.77. The SMILES string of the molecule is CNC(c1ccc2c(c1)CC(=O)N2C)C1C2CCCC21. The lowest BCUT2D eigenvalue weighted by Gasteiger charge is -2.20. The van der Waals surface area contributed by atoms with Crippen LogP contribution in [0.4, 0.5) is 5.69 Å². The van der Waals surface area contributed by atoms with Crippen LogP contribution in [-0.2, 0) is 11.2 Å². The van der Waals surface area contributed by atoms with Gasteiger partial charge in [-0.1, -0.05) is 18.6 Å². The molecule has 0 saturated heterocycles. The van der Waals surface area contributed by atoms with E-state index in [2.05, 4.69) is 30.6 Å². The van der Waals surface area contributed by atoms with Gasteiger partial charge in [0.05, 0.1) is 6.42 Å². The van der Waals surface area contributed by atoms with Gasteiger partial charge in [-0.15, -0.1) is 0 Å². The first kappa shape index (κ1) is 12.4. The third-order valence-electron chi connectivity index (χ3n) is 5.71. The fraction of sp³-hybridized carbons (Fsp3) is 0.588. The number of rotatable bonds is 3. The van der Waals surface area contributed by atoms with Crippen LogP contribution < -0.4 is 10.2 Å². The molecule has 3 heteroatoms. The van der Waals surface area contributed by atoms with Gasteiger partial charge in [0.25, 0.3) is 0 Å². The molecule has 1 aromatic rings. The van der Waals surface area contributed by atoms with E-state index < -0.39 is 0 Å². The molecule has 20 heavy (non-hydrogen) atoms. The number of carbonyl (C=O) groups is 1. The number of anilines is 1. The van der Waals surface area contributed by atoms with E-state index in [-0.39, 0.29) is 5.91 Å². The second-order valence-electron chi connectivity index (χ2n) is 6.62. The molecular weight excluding hydrogens is 248 g/mol. The molecule has 1 aromatic carbocycles. The smallest absolute Gasteiger partial charge is 0.231 e. The first-order chi connectivity index (χ1) is 9.70. The summed E-state index contributed by atoms with van der Waals surface area (Å²) in [6.45, 7) is 0. The highest BCUT2D eigenvalue weighted by Gasteiger charge is 2.55. The lowest BCUT2D eigenvalue weighted by atomic mass is 9.95. The number of fused-ring (bicyclic) bond motifs is 2. The van der Waals surface area contributed by atoms with Gasteiger partial charge in [-0.2, -0.15) is 0 Å². The predicted octanol–water partition coefficient (Wildman–Crippen LogP) is 2.51. The Labute approximate surface area is 120 Å². The summed E-state index contributed by atoms with van der Waals surface area (Å²) in [7, 11) is 3.94. The summed E-state index contributed by atoms with van der Waals surface area (Å²) in [5.74, 6) is 2.93. The van der Waals surface area contributed by atoms with Crippen molar-refractivity contribution in [1.82, 2.24) is 5.32 Å². The van der Waals surface area contributed by atoms with Crippen molar-refractivity contribution in [3.05, 3.63) is 29.3 Å². The van der Waals surface area contributed by atoms with Crippen LogP contribution in [-0.4, -0.2) is 20.0 Å². The Bertz CT molecular complexity index is 558. The lowest BCUT2D eigenvalue weighted by Crippen LogP contribution is -2.21. The minimum absolute atomic E-state index is 0.210. The molecule has 1 aliphatic heterocycles. The number of amides is 1. The molecular formula is C17H22N2O. The monoisotopic (exact) mass is 270 g/mol. The maximum absolute atomic E-state index is 11.8. The Kier molecular flexibility index (Phi) is 2.68. The summed E-state index contributed by atoms with van der Waals surface area (Å²) in [6.07, 6.45) is 4.82. The van der Waals surface area contributed by atoms with E-state index in [1.54, 1.807) is 4.90 Å². The third kappa shape index (κ3) is 1.65. The minimum Gasteiger partial charge on any atom is -0.315 e. The zero-order chi connectivity index (χ0) is 13.9. The van der Waals surface area contributed by atoms with Gasteiger partial charge in [-0.05, 0) is 54.8 Å². The number of nitrogens with zero attached hydrogens (tertiary/aromatic N) is 1. The fourth-order valence-corrected chi connectivity index (χ4v) is 4.64. The van der Waals surface area contributed by atoms with Crippen LogP contribution in [0.1, 0.15) is 36.4 Å². The summed E-state index contributed by atoms with van der Waals surface area (Å²) in [6, 6.07) is 7.06. The molecule has 0 spiro atoms. The summed E-state index contributed by atoms with van der Waals surface area (Å²) in [5.41, 5.74) is 3.65. The predicted molar refractivity (Wildman–Crippen MR) is 79.7 cm³/mol. The molecule has 0 aromatic heterocycles. The summed E-state index contributed by atoms with van der Waals surface area (Å²) < 4.78 is 0. The highest BCUT2D eigenvalue weighted by Crippen LogP contribution is 2.62. The van der Waals surface area contributed by atoms with Gasteiger partial charge in [0.1, 0.15) is 0 Å². The van der Waals surface area contributed by atoms with Crippen molar-refractivity contribution < 1.29 is 4.79 Å². The van der Waals surface area contributed by atoms with Crippen molar-refractivity contribution in [1.29, 1.82) is 0 Å². The van der Waals surface area contributed by atoms with Crippen molar-refractivity contribution in [3.8, 4) is 0 Å². The Hall–Kier alpha value is -1.35. The topological polar surface area (TPSA) is 32.3 Å². The second kappa shape index (κ2) is 4.32. The van der Waals surface area contributed by atoms with Gasteiger partial charge in [0.15, 0.2) is 0 Å². The van der Waals surface area contributed by atoms with Crippen LogP contribution in [0.3, 0.4) is 0 Å². The van der Waals surface area contributed by atoms with Crippen LogP contribution in [0.2, 0.25) is 0 Å². The number of likely N-dealkylation sites (N-methyl/N-ethyl adjacent to an activating group) is 1. The Morgan fingerprint density at radius 2 is 2.05 bits per heavy atom. The van der Waals surface area contributed by atoms with Crippen LogP contribution in [0.5, 0.6) is 0 Å². The van der Waals surface area contributed by atoms with Crippen molar-refractivity contribution in [2.75, 3.05) is 19.0 Å². The fourth-order valence-electron chi connectivity index (χ4n) is 4.64. The standard InChI is InChI=1S/C17H22N2O/c1-18-17(16-12-4-3-5-13(12)16)10-6-7-14-11(8-10)9-15(20)19(14)2/h6-8,12-13,16-18H,3-5,9H2,1-2H3. The molecule has 1 heterocycles. The average Bonchev–Trinajstić information content (AvgIpc) is 2.82. The third-order valence-corrected chi connectivity index (χ3v) is 5.71. The molecule has 2 aliphatic carbocycles. The van der Waals surface area contributed by atoms with Gasteiger partial charge < -0.3 is 10.2 Å². The molecule has 106 valence electrons. The van der Waals surface area contributed by atoms with Crippen LogP contribution >= 0.6 is 0 Å². The second-order valence-corrected chi connectivity index (χ2v) is 6.62. The molecule has 1 N–H and O–H groups in total. The summed E-state index contributed by atoms with van der Waals surface area (Å²) >= 11 is 0. The van der Waals surface area contributed by atoms with Crippen LogP contribution in [0.25, 0.3) is 0 Å². The van der Waals surface area contributed by atoms with Gasteiger partial charge in [0, 0.05) is 18.8 Å². The normalized spacial score (nSPS) is 32.2. The zero-order valence-electron chi connectivity index (χ0n) is 12.2. The highest BCUT2D eigenvalue weighted by molar-refractivity contribution is 6.00. The van der Waals surface area contributed by atoms with E-state index in [0.29, 0.717) is 12.5 Å². The maximum atomic E-state index is 11.8. The average molecular weight is 270 g/mol. The molecule has 4 rings (SSSR count). The van der Waals surface area contributed by atoms with Gasteiger partial charge in [0.2, 0.25) is 5.91 Å². The number of hydrogen-bond acceptors (Lipinski definition) is 2. The number of carbonyl (C=O) groups excluding carboxylic acids is 1. The molecule has 3 aliphatic rings. The van der Waals surface area contributed by atoms with Crippen molar-refractivity contribution in [3.63, 3.8) is 0 Å². The van der Waals surface area contributed by atoms with E-state index >= 15 is 0 Å². The quantitative estimate of drug-likeness (QED) is 0.915. The van der Waals surface area contributed by atoms with Crippen molar-refractivity contribution in [2.45, 2.75) is 31.7 Å². The van der Waals surface area contributed by atoms with Crippen LogP contribution in [0.15, 0.2) is 18.2 Å². The van der Waals surface area contributed by atoms with E-state index in [0.717, 1.165) is 23.4 Å². The molecule has 0 radical (unpaired) electrons. The van der Waals surface area contributed by atoms with E-state index in [4.69, 9.17) is 0 Å². The van der Waals surface area contributed by atoms with E-state index in [1.165, 1.54) is 30.4 Å². The number of nitrogens with one attached hydrogen (secondary N) is 1. The molecule has 1 amide bonds. The molecule has 3 unspecified atom stereocenters. The lowest BCUT2D eigenvalue weighted by molar-refractivity contribution is -0.117. The highest BCUT2D eigenvalue weighted by atomic mass is 16.2. The Balaban J connectivity index is 1.62. The molecule has 2 fully saturated rings. The Morgan fingerprint density at radius 3 is 2.75 bits per heavy atom. The van der Waals surface area contributed by atoms with Gasteiger partial charge in [-0.3, -0.25) is 4.79 Å².